The van der Waals surface area contributed by atoms with E-state index < -0.39 is 21.6 Å². The highest BCUT2D eigenvalue weighted by Crippen LogP contribution is 2.37. The summed E-state index contributed by atoms with van der Waals surface area (Å²) in [6.07, 6.45) is 2.84. The van der Waals surface area contributed by atoms with Crippen LogP contribution in [0, 0.1) is 26.0 Å². The van der Waals surface area contributed by atoms with E-state index in [9.17, 15) is 24.6 Å². The molecule has 152 valence electrons. The predicted molar refractivity (Wildman–Crippen MR) is 105 cm³/mol. The van der Waals surface area contributed by atoms with Gasteiger partial charge in [0.25, 0.3) is 11.4 Å². The summed E-state index contributed by atoms with van der Waals surface area (Å²) in [6, 6.07) is 8.16. The second kappa shape index (κ2) is 8.95. The maximum Gasteiger partial charge on any atom is 0.280 e. The van der Waals surface area contributed by atoms with Crippen LogP contribution >= 0.6 is 11.6 Å². The minimum atomic E-state index is -0.671. The van der Waals surface area contributed by atoms with Crippen molar-refractivity contribution in [1.82, 2.24) is 0 Å². The van der Waals surface area contributed by atoms with E-state index in [1.807, 2.05) is 0 Å². The van der Waals surface area contributed by atoms with Crippen LogP contribution in [-0.2, 0) is 11.4 Å². The number of non-ortho nitro benzene ring substituents is 1. The summed E-state index contributed by atoms with van der Waals surface area (Å²) >= 11 is 5.75. The topological polar surface area (TPSA) is 108 Å². The summed E-state index contributed by atoms with van der Waals surface area (Å²) in [6.45, 7) is -0.134. The van der Waals surface area contributed by atoms with Gasteiger partial charge in [0.05, 0.1) is 26.6 Å². The maximum atomic E-state index is 14.0. The summed E-state index contributed by atoms with van der Waals surface area (Å²) in [5, 5.41) is 26.5. The van der Waals surface area contributed by atoms with Crippen LogP contribution in [0.2, 0.25) is 5.02 Å². The number of nitro groups is 2. The Morgan fingerprint density at radius 3 is 2.69 bits per heavy atom. The Morgan fingerprint density at radius 2 is 1.97 bits per heavy atom. The molecule has 1 unspecified atom stereocenters. The second-order valence-electron chi connectivity index (χ2n) is 6.62. The number of hydrogen-bond acceptors (Lipinski definition) is 6. The summed E-state index contributed by atoms with van der Waals surface area (Å²) in [4.78, 5) is 26.4. The summed E-state index contributed by atoms with van der Waals surface area (Å²) in [5.74, 6) is -0.977. The molecule has 0 bridgehead atoms. The van der Waals surface area contributed by atoms with Crippen LogP contribution in [0.1, 0.15) is 42.7 Å². The minimum Gasteiger partial charge on any atom is -0.391 e. The highest BCUT2D eigenvalue weighted by molar-refractivity contribution is 6.30. The minimum absolute atomic E-state index is 0.0178. The third-order valence-corrected chi connectivity index (χ3v) is 5.10. The van der Waals surface area contributed by atoms with Gasteiger partial charge in [0.15, 0.2) is 0 Å². The molecule has 1 fully saturated rings. The van der Waals surface area contributed by atoms with E-state index in [0.717, 1.165) is 18.9 Å². The van der Waals surface area contributed by atoms with E-state index in [1.165, 1.54) is 24.3 Å². The van der Waals surface area contributed by atoms with Crippen molar-refractivity contribution in [2.24, 2.45) is 5.16 Å². The SMILES string of the molecule is O=[N+]([O-])c1ccc(C2CCCCC2=NOCc2cccc(Cl)c2F)c([N+](=O)[O-])c1. The monoisotopic (exact) mass is 421 g/mol. The molecule has 0 aliphatic heterocycles. The molecular weight excluding hydrogens is 405 g/mol. The van der Waals surface area contributed by atoms with Gasteiger partial charge >= 0.3 is 0 Å². The highest BCUT2D eigenvalue weighted by Gasteiger charge is 2.30. The molecule has 0 radical (unpaired) electrons. The number of nitrogens with zero attached hydrogens (tertiary/aromatic N) is 3. The zero-order valence-corrected chi connectivity index (χ0v) is 16.0. The Bertz CT molecular complexity index is 982. The molecule has 8 nitrogen and oxygen atoms in total. The van der Waals surface area contributed by atoms with E-state index >= 15 is 0 Å². The average molecular weight is 422 g/mol. The van der Waals surface area contributed by atoms with Gasteiger partial charge in [-0.25, -0.2) is 4.39 Å². The molecule has 0 N–H and O–H groups in total. The van der Waals surface area contributed by atoms with Crippen molar-refractivity contribution in [3.05, 3.63) is 78.6 Å². The molecule has 1 aliphatic rings. The zero-order chi connectivity index (χ0) is 21.0. The van der Waals surface area contributed by atoms with Gasteiger partial charge in [-0.3, -0.25) is 20.2 Å². The first-order chi connectivity index (χ1) is 13.9. The molecule has 2 aromatic rings. The predicted octanol–water partition coefficient (Wildman–Crippen LogP) is 5.53. The molecular formula is C19H17ClFN3O5. The van der Waals surface area contributed by atoms with E-state index in [1.54, 1.807) is 6.07 Å². The van der Waals surface area contributed by atoms with Gasteiger partial charge in [-0.15, -0.1) is 0 Å². The molecule has 0 heterocycles. The average Bonchev–Trinajstić information content (AvgIpc) is 2.71. The molecule has 3 rings (SSSR count). The van der Waals surface area contributed by atoms with Gasteiger partial charge in [-0.05, 0) is 31.4 Å². The number of benzene rings is 2. The van der Waals surface area contributed by atoms with Gasteiger partial charge in [0.2, 0.25) is 0 Å². The molecule has 29 heavy (non-hydrogen) atoms. The van der Waals surface area contributed by atoms with Crippen LogP contribution in [0.3, 0.4) is 0 Å². The van der Waals surface area contributed by atoms with Crippen LogP contribution in [0.15, 0.2) is 41.6 Å². The molecule has 10 heteroatoms. The lowest BCUT2D eigenvalue weighted by molar-refractivity contribution is -0.394. The first-order valence-electron chi connectivity index (χ1n) is 8.93. The number of rotatable bonds is 6. The Labute approximate surface area is 170 Å². The third-order valence-electron chi connectivity index (χ3n) is 4.81. The second-order valence-corrected chi connectivity index (χ2v) is 7.03. The van der Waals surface area contributed by atoms with Crippen molar-refractivity contribution in [2.75, 3.05) is 0 Å². The van der Waals surface area contributed by atoms with Crippen molar-refractivity contribution in [2.45, 2.75) is 38.2 Å². The van der Waals surface area contributed by atoms with Crippen LogP contribution in [0.25, 0.3) is 0 Å². The zero-order valence-electron chi connectivity index (χ0n) is 15.2. The largest absolute Gasteiger partial charge is 0.391 e. The smallest absolute Gasteiger partial charge is 0.280 e. The van der Waals surface area contributed by atoms with Crippen LogP contribution in [0.5, 0.6) is 0 Å². The lowest BCUT2D eigenvalue weighted by Crippen LogP contribution is -2.19. The fourth-order valence-corrected chi connectivity index (χ4v) is 3.58. The van der Waals surface area contributed by atoms with E-state index in [-0.39, 0.29) is 28.6 Å². The normalized spacial score (nSPS) is 17.9. The molecule has 0 aromatic heterocycles. The van der Waals surface area contributed by atoms with Crippen molar-refractivity contribution in [1.29, 1.82) is 0 Å². The first-order valence-corrected chi connectivity index (χ1v) is 9.30. The van der Waals surface area contributed by atoms with Gasteiger partial charge in [-0.2, -0.15) is 0 Å². The van der Waals surface area contributed by atoms with Crippen molar-refractivity contribution in [3.63, 3.8) is 0 Å². The van der Waals surface area contributed by atoms with E-state index in [2.05, 4.69) is 5.16 Å². The van der Waals surface area contributed by atoms with Crippen molar-refractivity contribution in [3.8, 4) is 0 Å². The van der Waals surface area contributed by atoms with Crippen LogP contribution in [-0.4, -0.2) is 15.6 Å². The van der Waals surface area contributed by atoms with Crippen molar-refractivity contribution < 1.29 is 19.1 Å². The number of hydrogen-bond donors (Lipinski definition) is 0. The Morgan fingerprint density at radius 1 is 1.17 bits per heavy atom. The van der Waals surface area contributed by atoms with Gasteiger partial charge < -0.3 is 4.84 Å². The molecule has 0 spiro atoms. The number of nitro benzene ring substituents is 2. The fraction of sp³-hybridized carbons (Fsp3) is 0.316. The Kier molecular flexibility index (Phi) is 6.38. The van der Waals surface area contributed by atoms with Gasteiger partial charge in [0, 0.05) is 23.1 Å². The standard InChI is InChI=1S/C19H17ClFN3O5/c20-16-6-3-4-12(19(16)21)11-29-22-17-7-2-1-5-14(17)15-9-8-13(23(25)26)10-18(15)24(27)28/h3-4,6,8-10,14H,1-2,5,7,11H2. The lowest BCUT2D eigenvalue weighted by atomic mass is 9.81. The molecule has 0 saturated heterocycles. The lowest BCUT2D eigenvalue weighted by Gasteiger charge is -2.23. The molecule has 2 aromatic carbocycles. The number of halogens is 2. The van der Waals surface area contributed by atoms with Crippen molar-refractivity contribution >= 4 is 28.7 Å². The molecule has 1 atom stereocenters. The van der Waals surface area contributed by atoms with Gasteiger partial charge in [-0.1, -0.05) is 35.3 Å². The quantitative estimate of drug-likeness (QED) is 0.450. The van der Waals surface area contributed by atoms with Gasteiger partial charge in [0.1, 0.15) is 12.4 Å². The van der Waals surface area contributed by atoms with Crippen LogP contribution in [0.4, 0.5) is 15.8 Å². The maximum absolute atomic E-state index is 14.0. The molecule has 1 saturated carbocycles. The number of oxime groups is 1. The molecule has 1 aliphatic carbocycles. The van der Waals surface area contributed by atoms with Crippen LogP contribution < -0.4 is 0 Å². The first kappa shape index (κ1) is 20.7. The Balaban J connectivity index is 1.86. The van der Waals surface area contributed by atoms with E-state index in [0.29, 0.717) is 24.1 Å². The molecule has 0 amide bonds. The summed E-state index contributed by atoms with van der Waals surface area (Å²) in [5.41, 5.74) is 0.532. The van der Waals surface area contributed by atoms with E-state index in [4.69, 9.17) is 16.4 Å². The Hall–Kier alpha value is -3.07. The summed E-state index contributed by atoms with van der Waals surface area (Å²) < 4.78 is 14.0. The highest BCUT2D eigenvalue weighted by atomic mass is 35.5. The third kappa shape index (κ3) is 4.68. The summed E-state index contributed by atoms with van der Waals surface area (Å²) in [7, 11) is 0. The fourth-order valence-electron chi connectivity index (χ4n) is 3.38.